The van der Waals surface area contributed by atoms with Gasteiger partial charge in [-0.25, -0.2) is 4.79 Å². The maximum atomic E-state index is 11.8. The largest absolute Gasteiger partial charge is 0.506 e. The van der Waals surface area contributed by atoms with E-state index in [1.165, 1.54) is 31.3 Å². The number of aromatic hydroxyl groups is 1. The van der Waals surface area contributed by atoms with Crippen LogP contribution in [0.4, 0.5) is 10.5 Å². The Labute approximate surface area is 119 Å². The Kier molecular flexibility index (Phi) is 4.66. The molecule has 108 valence electrons. The summed E-state index contributed by atoms with van der Waals surface area (Å²) in [5.74, 6) is 0.671. The van der Waals surface area contributed by atoms with Gasteiger partial charge in [0.2, 0.25) is 0 Å². The number of anilines is 1. The summed E-state index contributed by atoms with van der Waals surface area (Å²) in [4.78, 5) is 11.8. The lowest BCUT2D eigenvalue weighted by molar-refractivity contribution is 0.255. The number of amides is 2. The highest BCUT2D eigenvalue weighted by Gasteiger charge is 2.16. The Morgan fingerprint density at radius 3 is 2.75 bits per heavy atom. The van der Waals surface area contributed by atoms with E-state index >= 15 is 0 Å². The number of phenolic OH excluding ortho intramolecular Hbond substituents is 1. The Hall–Kier alpha value is -1.97. The molecule has 3 N–H and O–H groups in total. The quantitative estimate of drug-likeness (QED) is 0.732. The molecular formula is C16H22N2O2. The average Bonchev–Trinajstić information content (AvgIpc) is 2.94. The Balaban J connectivity index is 1.92. The van der Waals surface area contributed by atoms with Crippen molar-refractivity contribution in [1.29, 1.82) is 0 Å². The number of phenols is 1. The Morgan fingerprint density at radius 1 is 1.35 bits per heavy atom. The van der Waals surface area contributed by atoms with E-state index in [2.05, 4.69) is 17.6 Å². The standard InChI is InChI=1S/C16H22N2O2/c1-11-7-8-15(19)14(9-11)18-16(20)17-10-12(2)13-5-3-4-6-13/h7-10,13,19H,3-6H2,1-2H3,(H2,17,18,20)/b12-10+. The van der Waals surface area contributed by atoms with Gasteiger partial charge in [0.05, 0.1) is 5.69 Å². The van der Waals surface area contributed by atoms with Crippen molar-refractivity contribution in [2.45, 2.75) is 39.5 Å². The van der Waals surface area contributed by atoms with Crippen LogP contribution in [0.3, 0.4) is 0 Å². The molecule has 1 fully saturated rings. The molecule has 0 aliphatic heterocycles. The van der Waals surface area contributed by atoms with Crippen LogP contribution in [0.1, 0.15) is 38.2 Å². The molecule has 0 atom stereocenters. The third-order valence-corrected chi connectivity index (χ3v) is 3.83. The first kappa shape index (κ1) is 14.4. The highest BCUT2D eigenvalue weighted by Crippen LogP contribution is 2.30. The fourth-order valence-electron chi connectivity index (χ4n) is 2.59. The molecule has 1 aromatic rings. The normalized spacial score (nSPS) is 16.2. The van der Waals surface area contributed by atoms with Crippen molar-refractivity contribution in [2.75, 3.05) is 5.32 Å². The molecule has 0 saturated heterocycles. The monoisotopic (exact) mass is 274 g/mol. The lowest BCUT2D eigenvalue weighted by Gasteiger charge is -2.11. The zero-order valence-corrected chi connectivity index (χ0v) is 12.1. The number of allylic oxidation sites excluding steroid dienone is 1. The second-order valence-electron chi connectivity index (χ2n) is 5.49. The molecule has 4 heteroatoms. The average molecular weight is 274 g/mol. The van der Waals surface area contributed by atoms with Crippen molar-refractivity contribution in [3.05, 3.63) is 35.5 Å². The van der Waals surface area contributed by atoms with Crippen LogP contribution in [0.5, 0.6) is 5.75 Å². The van der Waals surface area contributed by atoms with Crippen molar-refractivity contribution < 1.29 is 9.90 Å². The van der Waals surface area contributed by atoms with Crippen molar-refractivity contribution in [1.82, 2.24) is 5.32 Å². The van der Waals surface area contributed by atoms with Crippen LogP contribution >= 0.6 is 0 Å². The first-order valence-corrected chi connectivity index (χ1v) is 7.10. The van der Waals surface area contributed by atoms with Crippen molar-refractivity contribution in [3.8, 4) is 5.75 Å². The number of carbonyl (C=O) groups is 1. The van der Waals surface area contributed by atoms with Crippen LogP contribution in [0.2, 0.25) is 0 Å². The predicted octanol–water partition coefficient (Wildman–Crippen LogP) is 3.92. The summed E-state index contributed by atoms with van der Waals surface area (Å²) in [6, 6.07) is 4.78. The van der Waals surface area contributed by atoms with Crippen LogP contribution in [0, 0.1) is 12.8 Å². The van der Waals surface area contributed by atoms with Crippen LogP contribution in [-0.4, -0.2) is 11.1 Å². The summed E-state index contributed by atoms with van der Waals surface area (Å²) in [7, 11) is 0. The second-order valence-corrected chi connectivity index (χ2v) is 5.49. The minimum Gasteiger partial charge on any atom is -0.506 e. The van der Waals surface area contributed by atoms with Gasteiger partial charge in [0, 0.05) is 6.20 Å². The number of hydrogen-bond acceptors (Lipinski definition) is 2. The van der Waals surface area contributed by atoms with Gasteiger partial charge < -0.3 is 15.7 Å². The summed E-state index contributed by atoms with van der Waals surface area (Å²) in [5, 5.41) is 15.1. The molecule has 1 aliphatic rings. The third-order valence-electron chi connectivity index (χ3n) is 3.83. The fourth-order valence-corrected chi connectivity index (χ4v) is 2.59. The van der Waals surface area contributed by atoms with E-state index in [4.69, 9.17) is 0 Å². The van der Waals surface area contributed by atoms with E-state index in [0.717, 1.165) is 5.56 Å². The molecule has 4 nitrogen and oxygen atoms in total. The van der Waals surface area contributed by atoms with E-state index in [1.54, 1.807) is 24.4 Å². The van der Waals surface area contributed by atoms with E-state index in [9.17, 15) is 9.90 Å². The molecule has 0 heterocycles. The van der Waals surface area contributed by atoms with Crippen LogP contribution < -0.4 is 10.6 Å². The maximum Gasteiger partial charge on any atom is 0.323 e. The number of aryl methyl sites for hydroxylation is 1. The number of hydrogen-bond donors (Lipinski definition) is 3. The smallest absolute Gasteiger partial charge is 0.323 e. The van der Waals surface area contributed by atoms with Gasteiger partial charge in [-0.3, -0.25) is 0 Å². The molecule has 0 aromatic heterocycles. The van der Waals surface area contributed by atoms with Gasteiger partial charge >= 0.3 is 6.03 Å². The van der Waals surface area contributed by atoms with Gasteiger partial charge in [0.25, 0.3) is 0 Å². The minimum absolute atomic E-state index is 0.0715. The first-order chi connectivity index (χ1) is 9.56. The molecule has 0 radical (unpaired) electrons. The van der Waals surface area contributed by atoms with Crippen LogP contribution in [0.25, 0.3) is 0 Å². The van der Waals surface area contributed by atoms with E-state index in [0.29, 0.717) is 11.6 Å². The van der Waals surface area contributed by atoms with Crippen LogP contribution in [0.15, 0.2) is 30.0 Å². The highest BCUT2D eigenvalue weighted by atomic mass is 16.3. The van der Waals surface area contributed by atoms with Gasteiger partial charge in [-0.15, -0.1) is 0 Å². The molecule has 0 spiro atoms. The summed E-state index contributed by atoms with van der Waals surface area (Å²) < 4.78 is 0. The summed E-state index contributed by atoms with van der Waals surface area (Å²) in [6.07, 6.45) is 6.76. The zero-order valence-electron chi connectivity index (χ0n) is 12.1. The number of carbonyl (C=O) groups excluding carboxylic acids is 1. The fraction of sp³-hybridized carbons (Fsp3) is 0.438. The second kappa shape index (κ2) is 6.46. The summed E-state index contributed by atoms with van der Waals surface area (Å²) in [5.41, 5.74) is 2.62. The van der Waals surface area contributed by atoms with Crippen molar-refractivity contribution in [2.24, 2.45) is 5.92 Å². The van der Waals surface area contributed by atoms with Gasteiger partial charge in [-0.05, 0) is 50.3 Å². The molecule has 1 aliphatic carbocycles. The molecule has 2 amide bonds. The first-order valence-electron chi connectivity index (χ1n) is 7.10. The molecule has 20 heavy (non-hydrogen) atoms. The summed E-state index contributed by atoms with van der Waals surface area (Å²) >= 11 is 0. The van der Waals surface area contributed by atoms with Gasteiger partial charge in [0.15, 0.2) is 0 Å². The number of urea groups is 1. The lowest BCUT2D eigenvalue weighted by atomic mass is 10.0. The van der Waals surface area contributed by atoms with E-state index < -0.39 is 0 Å². The SMILES string of the molecule is C/C(=C\NC(=O)Nc1cc(C)ccc1O)C1CCCC1. The summed E-state index contributed by atoms with van der Waals surface area (Å²) in [6.45, 7) is 3.97. The number of rotatable bonds is 3. The molecule has 0 bridgehead atoms. The number of benzene rings is 1. The molecule has 1 aromatic carbocycles. The van der Waals surface area contributed by atoms with Crippen LogP contribution in [-0.2, 0) is 0 Å². The zero-order chi connectivity index (χ0) is 14.5. The van der Waals surface area contributed by atoms with E-state index in [-0.39, 0.29) is 11.8 Å². The highest BCUT2D eigenvalue weighted by molar-refractivity contribution is 5.91. The maximum absolute atomic E-state index is 11.8. The Bertz CT molecular complexity index is 517. The van der Waals surface area contributed by atoms with Gasteiger partial charge in [-0.2, -0.15) is 0 Å². The Morgan fingerprint density at radius 2 is 2.05 bits per heavy atom. The third kappa shape index (κ3) is 3.76. The van der Waals surface area contributed by atoms with E-state index in [1.807, 2.05) is 6.92 Å². The minimum atomic E-state index is -0.330. The van der Waals surface area contributed by atoms with Crippen molar-refractivity contribution >= 4 is 11.7 Å². The molecule has 1 saturated carbocycles. The predicted molar refractivity (Wildman–Crippen MR) is 80.7 cm³/mol. The molecule has 2 rings (SSSR count). The molecule has 0 unspecified atom stereocenters. The van der Waals surface area contributed by atoms with Gasteiger partial charge in [0.1, 0.15) is 5.75 Å². The van der Waals surface area contributed by atoms with Gasteiger partial charge in [-0.1, -0.05) is 24.5 Å². The number of nitrogens with one attached hydrogen (secondary N) is 2. The van der Waals surface area contributed by atoms with Crippen molar-refractivity contribution in [3.63, 3.8) is 0 Å². The topological polar surface area (TPSA) is 61.4 Å². The lowest BCUT2D eigenvalue weighted by Crippen LogP contribution is -2.24. The molecular weight excluding hydrogens is 252 g/mol.